The molecule has 2 heterocycles. The van der Waals surface area contributed by atoms with E-state index in [1.165, 1.54) is 6.26 Å². The van der Waals surface area contributed by atoms with E-state index in [1.807, 2.05) is 4.90 Å². The summed E-state index contributed by atoms with van der Waals surface area (Å²) in [5.74, 6) is 0.586. The molecular weight excluding hydrogens is 182 g/mol. The second kappa shape index (κ2) is 4.23. The molecule has 0 aliphatic carbocycles. The van der Waals surface area contributed by atoms with Crippen molar-refractivity contribution in [2.75, 3.05) is 26.2 Å². The summed E-state index contributed by atoms with van der Waals surface area (Å²) >= 11 is 0. The van der Waals surface area contributed by atoms with Crippen LogP contribution in [0.2, 0.25) is 0 Å². The molecule has 1 aliphatic heterocycles. The van der Waals surface area contributed by atoms with Crippen LogP contribution in [0.25, 0.3) is 0 Å². The number of nitrogens with one attached hydrogen (secondary N) is 1. The quantitative estimate of drug-likeness (QED) is 0.700. The van der Waals surface area contributed by atoms with Crippen LogP contribution in [0.4, 0.5) is 0 Å². The lowest BCUT2D eigenvalue weighted by atomic mass is 10.3. The molecule has 1 amide bonds. The van der Waals surface area contributed by atoms with Crippen LogP contribution < -0.4 is 5.32 Å². The average molecular weight is 195 g/mol. The molecule has 0 spiro atoms. The fourth-order valence-electron chi connectivity index (χ4n) is 1.50. The molecule has 1 aliphatic rings. The molecule has 0 radical (unpaired) electrons. The Morgan fingerprint density at radius 2 is 2.36 bits per heavy atom. The van der Waals surface area contributed by atoms with E-state index in [9.17, 15) is 4.79 Å². The Bertz CT molecular complexity index is 291. The molecule has 0 atom stereocenters. The Morgan fingerprint density at radius 3 is 3.00 bits per heavy atom. The van der Waals surface area contributed by atoms with Crippen molar-refractivity contribution in [3.63, 3.8) is 0 Å². The summed E-state index contributed by atoms with van der Waals surface area (Å²) in [6, 6.07) is 0. The minimum atomic E-state index is 0.0916. The Balaban J connectivity index is 1.88. The molecule has 1 fully saturated rings. The highest BCUT2D eigenvalue weighted by atomic mass is 16.3. The van der Waals surface area contributed by atoms with Crippen LogP contribution in [0.15, 0.2) is 16.9 Å². The lowest BCUT2D eigenvalue weighted by molar-refractivity contribution is -0.131. The number of piperazine rings is 1. The molecule has 0 unspecified atom stereocenters. The SMILES string of the molecule is O=C(Cc1ncco1)N1CCNCC1. The number of nitrogens with zero attached hydrogens (tertiary/aromatic N) is 2. The molecule has 0 aromatic carbocycles. The minimum absolute atomic E-state index is 0.0916. The number of amides is 1. The lowest BCUT2D eigenvalue weighted by Gasteiger charge is -2.26. The van der Waals surface area contributed by atoms with Gasteiger partial charge in [-0.1, -0.05) is 0 Å². The Kier molecular flexibility index (Phi) is 2.78. The van der Waals surface area contributed by atoms with Crippen LogP contribution in [-0.2, 0) is 11.2 Å². The minimum Gasteiger partial charge on any atom is -0.448 e. The highest BCUT2D eigenvalue weighted by molar-refractivity contribution is 5.77. The van der Waals surface area contributed by atoms with Crippen LogP contribution in [0.3, 0.4) is 0 Å². The number of rotatable bonds is 2. The molecule has 1 N–H and O–H groups in total. The molecule has 1 saturated heterocycles. The first-order valence-corrected chi connectivity index (χ1v) is 4.73. The van der Waals surface area contributed by atoms with Crippen LogP contribution >= 0.6 is 0 Å². The van der Waals surface area contributed by atoms with Gasteiger partial charge >= 0.3 is 0 Å². The third-order valence-corrected chi connectivity index (χ3v) is 2.26. The van der Waals surface area contributed by atoms with Gasteiger partial charge in [0.25, 0.3) is 0 Å². The Labute approximate surface area is 82.1 Å². The van der Waals surface area contributed by atoms with Crippen LogP contribution in [-0.4, -0.2) is 42.0 Å². The van der Waals surface area contributed by atoms with Gasteiger partial charge in [-0.3, -0.25) is 4.79 Å². The van der Waals surface area contributed by atoms with Crippen molar-refractivity contribution in [1.29, 1.82) is 0 Å². The summed E-state index contributed by atoms with van der Waals surface area (Å²) in [6.07, 6.45) is 3.31. The summed E-state index contributed by atoms with van der Waals surface area (Å²) in [7, 11) is 0. The van der Waals surface area contributed by atoms with E-state index in [0.29, 0.717) is 5.89 Å². The van der Waals surface area contributed by atoms with Crippen molar-refractivity contribution >= 4 is 5.91 Å². The van der Waals surface area contributed by atoms with Gasteiger partial charge in [-0.25, -0.2) is 4.98 Å². The monoisotopic (exact) mass is 195 g/mol. The third-order valence-electron chi connectivity index (χ3n) is 2.26. The van der Waals surface area contributed by atoms with Crippen molar-refractivity contribution in [1.82, 2.24) is 15.2 Å². The molecule has 1 aromatic rings. The van der Waals surface area contributed by atoms with Crippen molar-refractivity contribution in [3.8, 4) is 0 Å². The highest BCUT2D eigenvalue weighted by Crippen LogP contribution is 2.01. The van der Waals surface area contributed by atoms with Gasteiger partial charge in [-0.2, -0.15) is 0 Å². The third kappa shape index (κ3) is 2.11. The van der Waals surface area contributed by atoms with Gasteiger partial charge in [0.15, 0.2) is 0 Å². The zero-order valence-electron chi connectivity index (χ0n) is 7.90. The van der Waals surface area contributed by atoms with E-state index in [-0.39, 0.29) is 12.3 Å². The van der Waals surface area contributed by atoms with Gasteiger partial charge in [0.05, 0.1) is 6.20 Å². The fraction of sp³-hybridized carbons (Fsp3) is 0.556. The predicted octanol–water partition coefficient (Wildman–Crippen LogP) is -0.351. The Hall–Kier alpha value is -1.36. The normalized spacial score (nSPS) is 17.0. The van der Waals surface area contributed by atoms with E-state index >= 15 is 0 Å². The highest BCUT2D eigenvalue weighted by Gasteiger charge is 2.17. The number of carbonyl (C=O) groups is 1. The van der Waals surface area contributed by atoms with Crippen molar-refractivity contribution in [2.45, 2.75) is 6.42 Å². The van der Waals surface area contributed by atoms with Gasteiger partial charge in [-0.15, -0.1) is 0 Å². The molecule has 1 aromatic heterocycles. The first-order chi connectivity index (χ1) is 6.86. The fourth-order valence-corrected chi connectivity index (χ4v) is 1.50. The van der Waals surface area contributed by atoms with Gasteiger partial charge in [0.1, 0.15) is 12.7 Å². The molecule has 2 rings (SSSR count). The van der Waals surface area contributed by atoms with Crippen molar-refractivity contribution in [2.24, 2.45) is 0 Å². The summed E-state index contributed by atoms with van der Waals surface area (Å²) in [6.45, 7) is 3.30. The van der Waals surface area contributed by atoms with E-state index in [1.54, 1.807) is 6.20 Å². The summed E-state index contributed by atoms with van der Waals surface area (Å²) in [4.78, 5) is 17.4. The summed E-state index contributed by atoms with van der Waals surface area (Å²) < 4.78 is 5.02. The molecule has 14 heavy (non-hydrogen) atoms. The van der Waals surface area contributed by atoms with E-state index in [4.69, 9.17) is 4.42 Å². The first-order valence-electron chi connectivity index (χ1n) is 4.73. The molecule has 5 nitrogen and oxygen atoms in total. The molecule has 0 bridgehead atoms. The van der Waals surface area contributed by atoms with Gasteiger partial charge in [0.2, 0.25) is 11.8 Å². The standard InChI is InChI=1S/C9H13N3O2/c13-9(7-8-11-3-6-14-8)12-4-1-10-2-5-12/h3,6,10H,1-2,4-5,7H2. The first kappa shape index (κ1) is 9.21. The van der Waals surface area contributed by atoms with Gasteiger partial charge < -0.3 is 14.6 Å². The number of oxazole rings is 1. The van der Waals surface area contributed by atoms with E-state index < -0.39 is 0 Å². The van der Waals surface area contributed by atoms with Crippen LogP contribution in [0, 0.1) is 0 Å². The zero-order chi connectivity index (χ0) is 9.80. The summed E-state index contributed by atoms with van der Waals surface area (Å²) in [5, 5.41) is 3.20. The van der Waals surface area contributed by atoms with Gasteiger partial charge in [0, 0.05) is 26.2 Å². The van der Waals surface area contributed by atoms with Crippen LogP contribution in [0.5, 0.6) is 0 Å². The maximum atomic E-state index is 11.7. The zero-order valence-corrected chi connectivity index (χ0v) is 7.90. The summed E-state index contributed by atoms with van der Waals surface area (Å²) in [5.41, 5.74) is 0. The second-order valence-corrected chi connectivity index (χ2v) is 3.23. The molecule has 0 saturated carbocycles. The Morgan fingerprint density at radius 1 is 1.57 bits per heavy atom. The number of hydrogen-bond donors (Lipinski definition) is 1. The van der Waals surface area contributed by atoms with Gasteiger partial charge in [-0.05, 0) is 0 Å². The van der Waals surface area contributed by atoms with Crippen molar-refractivity contribution < 1.29 is 9.21 Å². The lowest BCUT2D eigenvalue weighted by Crippen LogP contribution is -2.46. The maximum absolute atomic E-state index is 11.7. The average Bonchev–Trinajstić information content (AvgIpc) is 2.72. The predicted molar refractivity (Wildman–Crippen MR) is 49.7 cm³/mol. The smallest absolute Gasteiger partial charge is 0.232 e. The van der Waals surface area contributed by atoms with Crippen molar-refractivity contribution in [3.05, 3.63) is 18.4 Å². The second-order valence-electron chi connectivity index (χ2n) is 3.23. The number of carbonyl (C=O) groups excluding carboxylic acids is 1. The maximum Gasteiger partial charge on any atom is 0.232 e. The van der Waals surface area contributed by atoms with Crippen LogP contribution in [0.1, 0.15) is 5.89 Å². The van der Waals surface area contributed by atoms with E-state index in [0.717, 1.165) is 26.2 Å². The topological polar surface area (TPSA) is 58.4 Å². The number of aromatic nitrogens is 1. The largest absolute Gasteiger partial charge is 0.448 e. The number of hydrogen-bond acceptors (Lipinski definition) is 4. The molecular formula is C9H13N3O2. The van der Waals surface area contributed by atoms with E-state index in [2.05, 4.69) is 10.3 Å². The molecule has 5 heteroatoms. The molecule has 76 valence electrons.